The number of nitrogen functional groups attached to an aromatic ring is 2. The number of nitrogens with two attached hydrogens (primary N) is 2. The molecule has 1 aromatic rings. The fraction of sp³-hybridized carbons (Fsp3) is 0.300. The minimum Gasteiger partial charge on any atom is -0.466 e. The predicted octanol–water partition coefficient (Wildman–Crippen LogP) is 1.10. The second kappa shape index (κ2) is 4.63. The van der Waals surface area contributed by atoms with Gasteiger partial charge >= 0.3 is 5.97 Å². The van der Waals surface area contributed by atoms with Crippen molar-refractivity contribution in [2.45, 2.75) is 13.3 Å². The van der Waals surface area contributed by atoms with Crippen LogP contribution in [0, 0.1) is 5.82 Å². The molecule has 15 heavy (non-hydrogen) atoms. The van der Waals surface area contributed by atoms with E-state index < -0.39 is 11.8 Å². The number of carbonyl (C=O) groups is 1. The maximum Gasteiger partial charge on any atom is 0.310 e. The molecule has 0 saturated heterocycles. The van der Waals surface area contributed by atoms with E-state index in [4.69, 9.17) is 16.2 Å². The Kier molecular flexibility index (Phi) is 3.49. The molecule has 1 aromatic carbocycles. The van der Waals surface area contributed by atoms with Gasteiger partial charge in [0.15, 0.2) is 0 Å². The molecule has 0 aliphatic carbocycles. The zero-order chi connectivity index (χ0) is 11.4. The number of hydrogen-bond acceptors (Lipinski definition) is 4. The van der Waals surface area contributed by atoms with Crippen LogP contribution in [0.3, 0.4) is 0 Å². The van der Waals surface area contributed by atoms with E-state index in [9.17, 15) is 9.18 Å². The van der Waals surface area contributed by atoms with Crippen molar-refractivity contribution < 1.29 is 13.9 Å². The summed E-state index contributed by atoms with van der Waals surface area (Å²) in [7, 11) is 0. The number of anilines is 2. The highest BCUT2D eigenvalue weighted by atomic mass is 19.1. The van der Waals surface area contributed by atoms with Gasteiger partial charge in [-0.1, -0.05) is 0 Å². The number of rotatable bonds is 3. The summed E-state index contributed by atoms with van der Waals surface area (Å²) in [5.74, 6) is -0.944. The van der Waals surface area contributed by atoms with Crippen LogP contribution in [0.2, 0.25) is 0 Å². The Bertz CT molecular complexity index is 357. The Morgan fingerprint density at radius 3 is 2.40 bits per heavy atom. The van der Waals surface area contributed by atoms with E-state index in [1.165, 1.54) is 0 Å². The molecule has 4 nitrogen and oxygen atoms in total. The van der Waals surface area contributed by atoms with Gasteiger partial charge in [0, 0.05) is 16.9 Å². The molecule has 5 heteroatoms. The molecule has 0 atom stereocenters. The van der Waals surface area contributed by atoms with Crippen molar-refractivity contribution >= 4 is 17.3 Å². The van der Waals surface area contributed by atoms with E-state index in [1.54, 1.807) is 6.92 Å². The van der Waals surface area contributed by atoms with E-state index in [0.717, 1.165) is 12.1 Å². The Balaban J connectivity index is 2.90. The smallest absolute Gasteiger partial charge is 0.310 e. The number of halogens is 1. The van der Waals surface area contributed by atoms with Crippen molar-refractivity contribution in [2.24, 2.45) is 0 Å². The third-order valence-electron chi connectivity index (χ3n) is 1.91. The first-order valence-corrected chi connectivity index (χ1v) is 4.53. The van der Waals surface area contributed by atoms with Gasteiger partial charge in [-0.2, -0.15) is 0 Å². The Morgan fingerprint density at radius 1 is 1.40 bits per heavy atom. The average molecular weight is 212 g/mol. The monoisotopic (exact) mass is 212 g/mol. The highest BCUT2D eigenvalue weighted by Gasteiger charge is 2.11. The second-order valence-corrected chi connectivity index (χ2v) is 3.04. The standard InChI is InChI=1S/C10H13FN2O2/c1-2-15-10(14)5-7-8(12)3-6(11)4-9(7)13/h3-4H,2,5,12-13H2,1H3. The molecule has 0 saturated carbocycles. The lowest BCUT2D eigenvalue weighted by atomic mass is 10.1. The van der Waals surface area contributed by atoms with Gasteiger partial charge in [-0.15, -0.1) is 0 Å². The fourth-order valence-electron chi connectivity index (χ4n) is 1.24. The van der Waals surface area contributed by atoms with Crippen molar-refractivity contribution in [1.82, 2.24) is 0 Å². The molecular weight excluding hydrogens is 199 g/mol. The van der Waals surface area contributed by atoms with E-state index in [0.29, 0.717) is 12.2 Å². The van der Waals surface area contributed by atoms with Crippen LogP contribution in [0.1, 0.15) is 12.5 Å². The summed E-state index contributed by atoms with van der Waals surface area (Å²) in [6.45, 7) is 2.00. The summed E-state index contributed by atoms with van der Waals surface area (Å²) in [5, 5.41) is 0. The van der Waals surface area contributed by atoms with Crippen LogP contribution in [0.25, 0.3) is 0 Å². The van der Waals surface area contributed by atoms with Crippen LogP contribution in [0.4, 0.5) is 15.8 Å². The third-order valence-corrected chi connectivity index (χ3v) is 1.91. The van der Waals surface area contributed by atoms with Gasteiger partial charge in [0.25, 0.3) is 0 Å². The Morgan fingerprint density at radius 2 is 1.93 bits per heavy atom. The van der Waals surface area contributed by atoms with Crippen molar-refractivity contribution in [1.29, 1.82) is 0 Å². The van der Waals surface area contributed by atoms with E-state index in [1.807, 2.05) is 0 Å². The van der Waals surface area contributed by atoms with E-state index in [2.05, 4.69) is 0 Å². The summed E-state index contributed by atoms with van der Waals surface area (Å²) in [4.78, 5) is 11.2. The first kappa shape index (κ1) is 11.3. The fourth-order valence-corrected chi connectivity index (χ4v) is 1.24. The minimum absolute atomic E-state index is 0.0359. The van der Waals surface area contributed by atoms with Gasteiger partial charge in [0.05, 0.1) is 13.0 Å². The lowest BCUT2D eigenvalue weighted by Gasteiger charge is -2.08. The molecule has 0 bridgehead atoms. The molecule has 0 radical (unpaired) electrons. The van der Waals surface area contributed by atoms with Gasteiger partial charge < -0.3 is 16.2 Å². The van der Waals surface area contributed by atoms with Gasteiger partial charge in [0.1, 0.15) is 5.82 Å². The zero-order valence-electron chi connectivity index (χ0n) is 8.42. The van der Waals surface area contributed by atoms with Gasteiger partial charge in [0.2, 0.25) is 0 Å². The molecule has 4 N–H and O–H groups in total. The number of benzene rings is 1. The van der Waals surface area contributed by atoms with Crippen LogP contribution in [0.15, 0.2) is 12.1 Å². The van der Waals surface area contributed by atoms with Gasteiger partial charge in [-0.05, 0) is 19.1 Å². The Labute approximate surface area is 87.0 Å². The first-order valence-electron chi connectivity index (χ1n) is 4.53. The molecule has 1 rings (SSSR count). The minimum atomic E-state index is -0.516. The highest BCUT2D eigenvalue weighted by molar-refractivity contribution is 5.78. The van der Waals surface area contributed by atoms with Crippen LogP contribution in [-0.4, -0.2) is 12.6 Å². The lowest BCUT2D eigenvalue weighted by molar-refractivity contribution is -0.142. The van der Waals surface area contributed by atoms with Crippen LogP contribution in [-0.2, 0) is 16.0 Å². The topological polar surface area (TPSA) is 78.3 Å². The molecular formula is C10H13FN2O2. The maximum absolute atomic E-state index is 12.8. The number of ether oxygens (including phenoxy) is 1. The molecule has 0 aliphatic heterocycles. The van der Waals surface area contributed by atoms with Crippen LogP contribution < -0.4 is 11.5 Å². The largest absolute Gasteiger partial charge is 0.466 e. The molecule has 0 spiro atoms. The summed E-state index contributed by atoms with van der Waals surface area (Å²) in [6.07, 6.45) is -0.0359. The van der Waals surface area contributed by atoms with Crippen molar-refractivity contribution in [2.75, 3.05) is 18.1 Å². The molecule has 0 amide bonds. The lowest BCUT2D eigenvalue weighted by Crippen LogP contribution is -2.11. The maximum atomic E-state index is 12.8. The summed E-state index contributed by atoms with van der Waals surface area (Å²) >= 11 is 0. The quantitative estimate of drug-likeness (QED) is 0.580. The summed E-state index contributed by atoms with van der Waals surface area (Å²) < 4.78 is 17.6. The molecule has 0 unspecified atom stereocenters. The molecule has 82 valence electrons. The predicted molar refractivity (Wildman–Crippen MR) is 55.6 cm³/mol. The normalized spacial score (nSPS) is 10.0. The number of carbonyl (C=O) groups excluding carboxylic acids is 1. The molecule has 0 heterocycles. The van der Waals surface area contributed by atoms with Gasteiger partial charge in [-0.25, -0.2) is 4.39 Å². The number of hydrogen-bond donors (Lipinski definition) is 2. The second-order valence-electron chi connectivity index (χ2n) is 3.04. The Hall–Kier alpha value is -1.78. The van der Waals surface area contributed by atoms with Crippen LogP contribution >= 0.6 is 0 Å². The van der Waals surface area contributed by atoms with Crippen molar-refractivity contribution in [3.8, 4) is 0 Å². The summed E-state index contributed by atoms with van der Waals surface area (Å²) in [5.41, 5.74) is 11.8. The highest BCUT2D eigenvalue weighted by Crippen LogP contribution is 2.22. The van der Waals surface area contributed by atoms with Crippen molar-refractivity contribution in [3.05, 3.63) is 23.5 Å². The van der Waals surface area contributed by atoms with Gasteiger partial charge in [-0.3, -0.25) is 4.79 Å². The molecule has 0 aliphatic rings. The van der Waals surface area contributed by atoms with Crippen molar-refractivity contribution in [3.63, 3.8) is 0 Å². The first-order chi connectivity index (χ1) is 7.04. The van der Waals surface area contributed by atoms with E-state index in [-0.39, 0.29) is 17.8 Å². The summed E-state index contributed by atoms with van der Waals surface area (Å²) in [6, 6.07) is 2.26. The SMILES string of the molecule is CCOC(=O)Cc1c(N)cc(F)cc1N. The molecule has 0 fully saturated rings. The number of esters is 1. The third kappa shape index (κ3) is 2.83. The van der Waals surface area contributed by atoms with Crippen LogP contribution in [0.5, 0.6) is 0 Å². The average Bonchev–Trinajstić information content (AvgIpc) is 2.11. The molecule has 0 aromatic heterocycles. The zero-order valence-corrected chi connectivity index (χ0v) is 8.42. The van der Waals surface area contributed by atoms with E-state index >= 15 is 0 Å².